The molecule has 1 saturated carbocycles. The topological polar surface area (TPSA) is 72.6 Å². The maximum Gasteiger partial charge on any atom is 0.147 e. The first kappa shape index (κ1) is 15.2. The van der Waals surface area contributed by atoms with Crippen LogP contribution < -0.4 is 5.73 Å². The van der Waals surface area contributed by atoms with Crippen LogP contribution in [0.1, 0.15) is 32.1 Å². The Labute approximate surface area is 116 Å². The van der Waals surface area contributed by atoms with Crippen molar-refractivity contribution in [1.82, 2.24) is 4.90 Å². The minimum absolute atomic E-state index is 0.00840. The van der Waals surface area contributed by atoms with Gasteiger partial charge in [-0.05, 0) is 19.3 Å². The molecular weight excluding hydrogens is 264 g/mol. The van der Waals surface area contributed by atoms with E-state index in [1.807, 2.05) is 0 Å². The Bertz CT molecular complexity index is 385. The van der Waals surface area contributed by atoms with Gasteiger partial charge in [-0.25, -0.2) is 8.42 Å². The van der Waals surface area contributed by atoms with Gasteiger partial charge in [0.15, 0.2) is 0 Å². The van der Waals surface area contributed by atoms with Gasteiger partial charge < -0.3 is 10.5 Å². The molecule has 0 spiro atoms. The van der Waals surface area contributed by atoms with Crippen LogP contribution >= 0.6 is 0 Å². The summed E-state index contributed by atoms with van der Waals surface area (Å²) in [5.74, 6) is 0.195. The lowest BCUT2D eigenvalue weighted by Gasteiger charge is -2.47. The highest BCUT2D eigenvalue weighted by atomic mass is 32.2. The number of hydrogen-bond donors (Lipinski definition) is 1. The first-order valence-electron chi connectivity index (χ1n) is 7.20. The lowest BCUT2D eigenvalue weighted by Crippen LogP contribution is -2.61. The van der Waals surface area contributed by atoms with Crippen LogP contribution in [0.15, 0.2) is 0 Å². The van der Waals surface area contributed by atoms with Crippen LogP contribution in [0.25, 0.3) is 0 Å². The monoisotopic (exact) mass is 290 g/mol. The Morgan fingerprint density at radius 3 is 2.37 bits per heavy atom. The molecule has 1 unspecified atom stereocenters. The molecule has 112 valence electrons. The van der Waals surface area contributed by atoms with Gasteiger partial charge in [-0.2, -0.15) is 0 Å². The Morgan fingerprint density at radius 2 is 1.84 bits per heavy atom. The zero-order chi connectivity index (χ0) is 13.9. The van der Waals surface area contributed by atoms with E-state index in [9.17, 15) is 8.42 Å². The van der Waals surface area contributed by atoms with E-state index >= 15 is 0 Å². The third-order valence-corrected chi connectivity index (χ3v) is 5.58. The van der Waals surface area contributed by atoms with Crippen molar-refractivity contribution in [3.05, 3.63) is 0 Å². The van der Waals surface area contributed by atoms with E-state index in [2.05, 4.69) is 4.90 Å². The van der Waals surface area contributed by atoms with Crippen LogP contribution in [-0.4, -0.2) is 63.2 Å². The molecule has 2 N–H and O–H groups in total. The van der Waals surface area contributed by atoms with E-state index in [4.69, 9.17) is 10.5 Å². The van der Waals surface area contributed by atoms with E-state index in [-0.39, 0.29) is 17.3 Å². The quantitative estimate of drug-likeness (QED) is 0.793. The van der Waals surface area contributed by atoms with E-state index in [0.29, 0.717) is 6.42 Å². The number of sulfone groups is 1. The van der Waals surface area contributed by atoms with Crippen LogP contribution in [0.4, 0.5) is 0 Å². The Kier molecular flexibility index (Phi) is 4.87. The highest BCUT2D eigenvalue weighted by Crippen LogP contribution is 2.38. The van der Waals surface area contributed by atoms with E-state index in [1.54, 1.807) is 0 Å². The molecule has 1 atom stereocenters. The summed E-state index contributed by atoms with van der Waals surface area (Å²) in [6.45, 7) is 3.38. The molecule has 6 heteroatoms. The van der Waals surface area contributed by atoms with Crippen molar-refractivity contribution in [2.75, 3.05) is 38.3 Å². The molecule has 0 aromatic carbocycles. The Hall–Kier alpha value is -0.170. The van der Waals surface area contributed by atoms with Crippen molar-refractivity contribution in [1.29, 1.82) is 0 Å². The number of hydrogen-bond acceptors (Lipinski definition) is 5. The average Bonchev–Trinajstić information content (AvgIpc) is 2.87. The fraction of sp³-hybridized carbons (Fsp3) is 1.00. The van der Waals surface area contributed by atoms with Crippen molar-refractivity contribution < 1.29 is 13.2 Å². The van der Waals surface area contributed by atoms with Crippen LogP contribution in [-0.2, 0) is 14.6 Å². The van der Waals surface area contributed by atoms with Gasteiger partial charge in [-0.15, -0.1) is 0 Å². The zero-order valence-corrected chi connectivity index (χ0v) is 12.6. The summed E-state index contributed by atoms with van der Waals surface area (Å²) >= 11 is 0. The summed E-state index contributed by atoms with van der Waals surface area (Å²) in [7, 11) is -2.93. The van der Waals surface area contributed by atoms with Gasteiger partial charge >= 0.3 is 0 Å². The highest BCUT2D eigenvalue weighted by Gasteiger charge is 2.44. The molecule has 2 fully saturated rings. The number of rotatable bonds is 5. The molecule has 0 aromatic heterocycles. The summed E-state index contributed by atoms with van der Waals surface area (Å²) in [5.41, 5.74) is 6.41. The Balaban J connectivity index is 2.05. The van der Waals surface area contributed by atoms with Crippen LogP contribution in [0.5, 0.6) is 0 Å². The minimum atomic E-state index is -2.93. The minimum Gasteiger partial charge on any atom is -0.379 e. The average molecular weight is 290 g/mol. The van der Waals surface area contributed by atoms with Gasteiger partial charge in [-0.1, -0.05) is 12.8 Å². The van der Waals surface area contributed by atoms with Crippen molar-refractivity contribution in [2.24, 2.45) is 5.73 Å². The molecule has 0 radical (unpaired) electrons. The third-order valence-electron chi connectivity index (χ3n) is 4.60. The first-order valence-corrected chi connectivity index (χ1v) is 9.26. The second-order valence-corrected chi connectivity index (χ2v) is 8.19. The van der Waals surface area contributed by atoms with Crippen LogP contribution in [0.3, 0.4) is 0 Å². The van der Waals surface area contributed by atoms with Gasteiger partial charge in [0.25, 0.3) is 0 Å². The maximum absolute atomic E-state index is 11.3. The molecule has 0 bridgehead atoms. The molecule has 1 heterocycles. The molecule has 1 aliphatic heterocycles. The summed E-state index contributed by atoms with van der Waals surface area (Å²) in [5, 5.41) is 0. The zero-order valence-electron chi connectivity index (χ0n) is 11.8. The molecule has 19 heavy (non-hydrogen) atoms. The van der Waals surface area contributed by atoms with Crippen molar-refractivity contribution >= 4 is 9.84 Å². The summed E-state index contributed by atoms with van der Waals surface area (Å²) < 4.78 is 28.1. The molecular formula is C13H26N2O3S. The smallest absolute Gasteiger partial charge is 0.147 e. The van der Waals surface area contributed by atoms with Gasteiger partial charge in [-0.3, -0.25) is 4.90 Å². The number of morpholine rings is 1. The molecule has 2 aliphatic rings. The lowest BCUT2D eigenvalue weighted by atomic mass is 9.84. The highest BCUT2D eigenvalue weighted by molar-refractivity contribution is 7.90. The van der Waals surface area contributed by atoms with E-state index in [0.717, 1.165) is 39.1 Å². The SMILES string of the molecule is CS(=O)(=O)CCC(N)C1(N2CCOCC2)CCCC1. The van der Waals surface area contributed by atoms with Crippen molar-refractivity contribution in [3.8, 4) is 0 Å². The largest absolute Gasteiger partial charge is 0.379 e. The predicted molar refractivity (Wildman–Crippen MR) is 75.9 cm³/mol. The van der Waals surface area contributed by atoms with Crippen LogP contribution in [0, 0.1) is 0 Å². The number of nitrogens with zero attached hydrogens (tertiary/aromatic N) is 1. The maximum atomic E-state index is 11.3. The van der Waals surface area contributed by atoms with Gasteiger partial charge in [0.05, 0.1) is 19.0 Å². The molecule has 5 nitrogen and oxygen atoms in total. The lowest BCUT2D eigenvalue weighted by molar-refractivity contribution is -0.0309. The Morgan fingerprint density at radius 1 is 1.26 bits per heavy atom. The second-order valence-electron chi connectivity index (χ2n) is 5.94. The summed E-state index contributed by atoms with van der Waals surface area (Å²) in [6.07, 6.45) is 6.44. The molecule has 1 aliphatic carbocycles. The fourth-order valence-corrected chi connectivity index (χ4v) is 4.21. The second kappa shape index (κ2) is 6.08. The van der Waals surface area contributed by atoms with Gasteiger partial charge in [0.1, 0.15) is 9.84 Å². The standard InChI is InChI=1S/C13H26N2O3S/c1-19(16,17)11-4-12(14)13(5-2-3-6-13)15-7-9-18-10-8-15/h12H,2-11,14H2,1H3. The first-order chi connectivity index (χ1) is 8.94. The third kappa shape index (κ3) is 3.68. The van der Waals surface area contributed by atoms with E-state index < -0.39 is 9.84 Å². The number of nitrogens with two attached hydrogens (primary N) is 1. The predicted octanol–water partition coefficient (Wildman–Crippen LogP) is 0.393. The van der Waals surface area contributed by atoms with Gasteiger partial charge in [0.2, 0.25) is 0 Å². The van der Waals surface area contributed by atoms with Gasteiger partial charge in [0, 0.05) is 30.9 Å². The molecule has 2 rings (SSSR count). The summed E-state index contributed by atoms with van der Waals surface area (Å²) in [6, 6.07) is -0.0529. The summed E-state index contributed by atoms with van der Waals surface area (Å²) in [4.78, 5) is 2.45. The van der Waals surface area contributed by atoms with Crippen molar-refractivity contribution in [2.45, 2.75) is 43.7 Å². The number of ether oxygens (including phenoxy) is 1. The molecule has 0 aromatic rings. The van der Waals surface area contributed by atoms with Crippen molar-refractivity contribution in [3.63, 3.8) is 0 Å². The van der Waals surface area contributed by atoms with E-state index in [1.165, 1.54) is 19.1 Å². The normalized spacial score (nSPS) is 26.4. The molecule has 0 amide bonds. The molecule has 1 saturated heterocycles. The van der Waals surface area contributed by atoms with Crippen LogP contribution in [0.2, 0.25) is 0 Å². The fourth-order valence-electron chi connectivity index (χ4n) is 3.53.